The number of fused-ring (bicyclic) bond motifs is 1. The zero-order valence-corrected chi connectivity index (χ0v) is 39.6. The molecule has 11 heteroatoms. The van der Waals surface area contributed by atoms with Crippen LogP contribution in [0, 0.1) is 5.92 Å². The third-order valence-corrected chi connectivity index (χ3v) is 18.0. The first-order chi connectivity index (χ1) is 31.5. The molecule has 65 heavy (non-hydrogen) atoms. The second-order valence-electron chi connectivity index (χ2n) is 18.9. The zero-order chi connectivity index (χ0) is 45.4. The Kier molecular flexibility index (Phi) is 15.5. The third kappa shape index (κ3) is 11.0. The summed E-state index contributed by atoms with van der Waals surface area (Å²) in [5.74, 6) is -1.36. The minimum absolute atomic E-state index is 0.213. The van der Waals surface area contributed by atoms with Gasteiger partial charge in [-0.3, -0.25) is 0 Å². The lowest BCUT2D eigenvalue weighted by atomic mass is 9.81. The van der Waals surface area contributed by atoms with Gasteiger partial charge in [0.25, 0.3) is 8.32 Å². The van der Waals surface area contributed by atoms with E-state index in [0.29, 0.717) is 26.2 Å². The number of hydrogen-bond acceptors (Lipinski definition) is 10. The topological polar surface area (TPSA) is 103 Å². The molecule has 3 heterocycles. The standard InChI is InChI=1S/C54H66O10Si/c1-53(2,3)65(41-28-18-10-19-29-41,42-30-20-11-21-31-42)60-37-46-49-50(64-54(4,5)63-49)47(55)44(61-46)32-43-45(36-57-33-38-22-12-7-13-23-38)62-52(56-6)51(59-35-40-26-16-9-17-27-40)48(43)58-34-39-24-14-8-15-25-39/h7-31,43-52,55H,32-37H2,1-6H3/t43-,44-,45-,46-,47-,48+,49-,50+,51-,52+/m1/s1. The highest BCUT2D eigenvalue weighted by Gasteiger charge is 2.58. The van der Waals surface area contributed by atoms with Gasteiger partial charge in [0, 0.05) is 13.0 Å². The number of hydrogen-bond donors (Lipinski definition) is 1. The molecule has 0 radical (unpaired) electrons. The second kappa shape index (κ2) is 21.3. The van der Waals surface area contributed by atoms with Crippen molar-refractivity contribution < 1.29 is 47.4 Å². The average Bonchev–Trinajstić information content (AvgIpc) is 3.66. The van der Waals surface area contributed by atoms with Gasteiger partial charge < -0.3 is 47.4 Å². The van der Waals surface area contributed by atoms with Gasteiger partial charge in [-0.15, -0.1) is 0 Å². The van der Waals surface area contributed by atoms with E-state index in [4.69, 9.17) is 42.3 Å². The molecule has 3 saturated heterocycles. The van der Waals surface area contributed by atoms with Crippen LogP contribution in [0.25, 0.3) is 0 Å². The van der Waals surface area contributed by atoms with Crippen molar-refractivity contribution in [2.75, 3.05) is 20.3 Å². The molecule has 0 unspecified atom stereocenters. The zero-order valence-electron chi connectivity index (χ0n) is 38.6. The van der Waals surface area contributed by atoms with Gasteiger partial charge in [0.2, 0.25) is 0 Å². The number of aliphatic hydroxyl groups is 1. The van der Waals surface area contributed by atoms with E-state index in [0.717, 1.165) is 27.1 Å². The van der Waals surface area contributed by atoms with Gasteiger partial charge in [-0.25, -0.2) is 0 Å². The highest BCUT2D eigenvalue weighted by Crippen LogP contribution is 2.43. The molecule has 0 aliphatic carbocycles. The summed E-state index contributed by atoms with van der Waals surface area (Å²) in [5.41, 5.74) is 3.07. The Bertz CT molecular complexity index is 2140. The minimum Gasteiger partial charge on any atom is -0.405 e. The number of benzene rings is 5. The van der Waals surface area contributed by atoms with Crippen molar-refractivity contribution in [1.82, 2.24) is 0 Å². The van der Waals surface area contributed by atoms with E-state index >= 15 is 0 Å². The van der Waals surface area contributed by atoms with Gasteiger partial charge in [-0.2, -0.15) is 0 Å². The van der Waals surface area contributed by atoms with Crippen LogP contribution in [-0.4, -0.2) is 94.7 Å². The maximum Gasteiger partial charge on any atom is 0.261 e. The monoisotopic (exact) mass is 902 g/mol. The number of rotatable bonds is 18. The Labute approximate surface area is 386 Å². The SMILES string of the molecule is CO[C@H]1O[C@H](COCc2ccccc2)[C@@H](C[C@H]2O[C@H](CO[Si](c3ccccc3)(c3ccccc3)C(C)(C)C)[C@H]3OC(C)(C)O[C@H]3[C@@H]2O)[C@H](OCc2ccccc2)[C@H]1OCc1ccccc1. The Morgan fingerprint density at radius 3 is 1.55 bits per heavy atom. The van der Waals surface area contributed by atoms with Gasteiger partial charge >= 0.3 is 0 Å². The molecule has 10 nitrogen and oxygen atoms in total. The smallest absolute Gasteiger partial charge is 0.261 e. The van der Waals surface area contributed by atoms with E-state index in [1.54, 1.807) is 7.11 Å². The van der Waals surface area contributed by atoms with Crippen LogP contribution >= 0.6 is 0 Å². The molecule has 3 aliphatic heterocycles. The molecule has 1 N–H and O–H groups in total. The molecule has 5 aromatic carbocycles. The molecule has 0 bridgehead atoms. The summed E-state index contributed by atoms with van der Waals surface area (Å²) >= 11 is 0. The number of ether oxygens (including phenoxy) is 8. The molecule has 0 saturated carbocycles. The van der Waals surface area contributed by atoms with Gasteiger partial charge in [0.05, 0.1) is 51.3 Å². The maximum atomic E-state index is 12.4. The molecule has 3 fully saturated rings. The maximum absolute atomic E-state index is 12.4. The number of methoxy groups -OCH3 is 1. The number of aliphatic hydroxyl groups excluding tert-OH is 1. The first-order valence-electron chi connectivity index (χ1n) is 23.0. The molecule has 0 aromatic heterocycles. The second-order valence-corrected chi connectivity index (χ2v) is 23.2. The fourth-order valence-corrected chi connectivity index (χ4v) is 14.5. The van der Waals surface area contributed by atoms with Crippen molar-refractivity contribution in [2.24, 2.45) is 5.92 Å². The summed E-state index contributed by atoms with van der Waals surface area (Å²) in [6.07, 6.45) is -5.84. The molecule has 8 rings (SSSR count). The molecular formula is C54H66O10Si. The quantitative estimate of drug-likeness (QED) is 0.0872. The van der Waals surface area contributed by atoms with Gasteiger partial charge in [0.1, 0.15) is 30.5 Å². The lowest BCUT2D eigenvalue weighted by Crippen LogP contribution is -2.68. The van der Waals surface area contributed by atoms with Crippen molar-refractivity contribution in [3.8, 4) is 0 Å². The van der Waals surface area contributed by atoms with Crippen LogP contribution in [0.2, 0.25) is 5.04 Å². The molecule has 0 amide bonds. The Balaban J connectivity index is 1.14. The van der Waals surface area contributed by atoms with Crippen molar-refractivity contribution in [3.63, 3.8) is 0 Å². The molecule has 10 atom stereocenters. The predicted molar refractivity (Wildman–Crippen MR) is 252 cm³/mol. The normalized spacial score (nSPS) is 27.9. The predicted octanol–water partition coefficient (Wildman–Crippen LogP) is 7.98. The van der Waals surface area contributed by atoms with Crippen LogP contribution in [0.5, 0.6) is 0 Å². The van der Waals surface area contributed by atoms with E-state index in [1.807, 2.05) is 117 Å². The summed E-state index contributed by atoms with van der Waals surface area (Å²) < 4.78 is 61.0. The summed E-state index contributed by atoms with van der Waals surface area (Å²) in [7, 11) is -1.36. The van der Waals surface area contributed by atoms with Gasteiger partial charge in [-0.05, 0) is 52.4 Å². The van der Waals surface area contributed by atoms with Gasteiger partial charge in [0.15, 0.2) is 12.1 Å². The highest BCUT2D eigenvalue weighted by atomic mass is 28.4. The highest BCUT2D eigenvalue weighted by molar-refractivity contribution is 6.99. The Hall–Kier alpha value is -4.08. The molecule has 3 aliphatic rings. The fraction of sp³-hybridized carbons (Fsp3) is 0.444. The van der Waals surface area contributed by atoms with E-state index in [-0.39, 0.29) is 18.3 Å². The minimum atomic E-state index is -2.99. The molecule has 346 valence electrons. The first-order valence-corrected chi connectivity index (χ1v) is 24.9. The molecule has 5 aromatic rings. The lowest BCUT2D eigenvalue weighted by molar-refractivity contribution is -0.311. The molecule has 0 spiro atoms. The average molecular weight is 903 g/mol. The fourth-order valence-electron chi connectivity index (χ4n) is 9.92. The van der Waals surface area contributed by atoms with Crippen LogP contribution in [-0.2, 0) is 62.1 Å². The Morgan fingerprint density at radius 2 is 1.05 bits per heavy atom. The Morgan fingerprint density at radius 1 is 0.569 bits per heavy atom. The van der Waals surface area contributed by atoms with Crippen LogP contribution in [0.3, 0.4) is 0 Å². The van der Waals surface area contributed by atoms with E-state index in [9.17, 15) is 5.11 Å². The summed E-state index contributed by atoms with van der Waals surface area (Å²) in [6.45, 7) is 12.0. The van der Waals surface area contributed by atoms with Crippen molar-refractivity contribution in [1.29, 1.82) is 0 Å². The lowest BCUT2D eigenvalue weighted by Gasteiger charge is -2.49. The van der Waals surface area contributed by atoms with E-state index < -0.39 is 75.1 Å². The van der Waals surface area contributed by atoms with Crippen LogP contribution in [0.1, 0.15) is 57.7 Å². The first kappa shape index (κ1) is 47.4. The summed E-state index contributed by atoms with van der Waals surface area (Å²) in [5, 5.41) is 14.5. The summed E-state index contributed by atoms with van der Waals surface area (Å²) in [4.78, 5) is 0. The van der Waals surface area contributed by atoms with Crippen LogP contribution < -0.4 is 10.4 Å². The third-order valence-electron chi connectivity index (χ3n) is 13.0. The summed E-state index contributed by atoms with van der Waals surface area (Å²) in [6, 6.07) is 51.4. The van der Waals surface area contributed by atoms with Crippen LogP contribution in [0.4, 0.5) is 0 Å². The van der Waals surface area contributed by atoms with Crippen molar-refractivity contribution in [2.45, 2.75) is 127 Å². The van der Waals surface area contributed by atoms with Crippen molar-refractivity contribution >= 4 is 18.7 Å². The largest absolute Gasteiger partial charge is 0.405 e. The van der Waals surface area contributed by atoms with Gasteiger partial charge in [-0.1, -0.05) is 172 Å². The van der Waals surface area contributed by atoms with Crippen LogP contribution in [0.15, 0.2) is 152 Å². The van der Waals surface area contributed by atoms with E-state index in [1.165, 1.54) is 0 Å². The van der Waals surface area contributed by atoms with E-state index in [2.05, 4.69) is 69.3 Å². The van der Waals surface area contributed by atoms with Crippen molar-refractivity contribution in [3.05, 3.63) is 168 Å². The molecular weight excluding hydrogens is 837 g/mol.